The zero-order valence-electron chi connectivity index (χ0n) is 12.0. The number of aromatic nitrogens is 2. The Bertz CT molecular complexity index is 582. The number of nitrogens with two attached hydrogens (primary N) is 1. The Morgan fingerprint density at radius 2 is 1.90 bits per heavy atom. The molecule has 1 heterocycles. The molecule has 0 aliphatic rings. The monoisotopic (exact) mass is 289 g/mol. The van der Waals surface area contributed by atoms with Gasteiger partial charge in [0.25, 0.3) is 5.89 Å². The summed E-state index contributed by atoms with van der Waals surface area (Å²) in [6, 6.07) is 7.61. The number of thioether (sulfide) groups is 1. The summed E-state index contributed by atoms with van der Waals surface area (Å²) in [6.45, 7) is 6.50. The highest BCUT2D eigenvalue weighted by Crippen LogP contribution is 2.26. The van der Waals surface area contributed by atoms with Crippen LogP contribution in [0, 0.1) is 0 Å². The van der Waals surface area contributed by atoms with Crippen LogP contribution in [0.15, 0.2) is 28.8 Å². The van der Waals surface area contributed by atoms with Crippen molar-refractivity contribution >= 4 is 29.6 Å². The van der Waals surface area contributed by atoms with Gasteiger partial charge in [-0.3, -0.25) is 0 Å². The lowest BCUT2D eigenvalue weighted by atomic mass is 10.2. The highest BCUT2D eigenvalue weighted by atomic mass is 32.2. The maximum Gasteiger partial charge on any atom is 0.250 e. The molecule has 4 nitrogen and oxygen atoms in total. The van der Waals surface area contributed by atoms with E-state index in [1.54, 1.807) is 11.8 Å². The van der Waals surface area contributed by atoms with Crippen molar-refractivity contribution in [1.29, 1.82) is 0 Å². The first-order chi connectivity index (χ1) is 9.42. The second-order valence-corrected chi connectivity index (χ2v) is 7.25. The van der Waals surface area contributed by atoms with Gasteiger partial charge in [-0.25, -0.2) is 0 Å². The fourth-order valence-corrected chi connectivity index (χ4v) is 2.13. The van der Waals surface area contributed by atoms with Gasteiger partial charge in [-0.2, -0.15) is 4.98 Å². The van der Waals surface area contributed by atoms with Gasteiger partial charge >= 0.3 is 0 Å². The summed E-state index contributed by atoms with van der Waals surface area (Å²) in [5.41, 5.74) is 7.43. The van der Waals surface area contributed by atoms with E-state index >= 15 is 0 Å². The van der Waals surface area contributed by atoms with Crippen molar-refractivity contribution in [3.8, 4) is 0 Å². The van der Waals surface area contributed by atoms with E-state index in [0.717, 1.165) is 22.8 Å². The first-order valence-electron chi connectivity index (χ1n) is 6.42. The first-order valence-corrected chi connectivity index (χ1v) is 7.41. The summed E-state index contributed by atoms with van der Waals surface area (Å²) in [5, 5.41) is 3.97. The Morgan fingerprint density at radius 3 is 2.55 bits per heavy atom. The van der Waals surface area contributed by atoms with Crippen molar-refractivity contribution in [2.24, 2.45) is 0 Å². The zero-order valence-corrected chi connectivity index (χ0v) is 12.8. The van der Waals surface area contributed by atoms with E-state index in [2.05, 4.69) is 30.9 Å². The Morgan fingerprint density at radius 1 is 1.20 bits per heavy atom. The molecule has 0 amide bonds. The minimum absolute atomic E-state index is 0.195. The van der Waals surface area contributed by atoms with Gasteiger partial charge in [0.15, 0.2) is 5.82 Å². The van der Waals surface area contributed by atoms with Crippen LogP contribution in [0.1, 0.15) is 38.0 Å². The fraction of sp³-hybridized carbons (Fsp3) is 0.333. The fourth-order valence-electron chi connectivity index (χ4n) is 1.45. The third kappa shape index (κ3) is 4.74. The minimum Gasteiger partial charge on any atom is -0.399 e. The topological polar surface area (TPSA) is 64.9 Å². The van der Waals surface area contributed by atoms with E-state index in [0.29, 0.717) is 5.89 Å². The van der Waals surface area contributed by atoms with Gasteiger partial charge in [-0.1, -0.05) is 38.1 Å². The van der Waals surface area contributed by atoms with Gasteiger partial charge in [0.05, 0.1) is 5.75 Å². The van der Waals surface area contributed by atoms with Crippen LogP contribution in [0.4, 0.5) is 5.69 Å². The van der Waals surface area contributed by atoms with Crippen LogP contribution in [0.2, 0.25) is 0 Å². The van der Waals surface area contributed by atoms with E-state index in [1.165, 1.54) is 0 Å². The van der Waals surface area contributed by atoms with Crippen LogP contribution < -0.4 is 5.73 Å². The highest BCUT2D eigenvalue weighted by molar-refractivity contribution is 7.99. The first kappa shape index (κ1) is 14.7. The molecule has 0 bridgehead atoms. The molecule has 0 aliphatic heterocycles. The van der Waals surface area contributed by atoms with Gasteiger partial charge in [-0.05, 0) is 23.8 Å². The molecule has 0 atom stereocenters. The van der Waals surface area contributed by atoms with Gasteiger partial charge in [0, 0.05) is 16.5 Å². The van der Waals surface area contributed by atoms with E-state index in [1.807, 2.05) is 36.4 Å². The molecule has 0 saturated carbocycles. The average Bonchev–Trinajstić information content (AvgIpc) is 2.83. The molecule has 2 rings (SSSR count). The van der Waals surface area contributed by atoms with E-state index in [4.69, 9.17) is 10.3 Å². The van der Waals surface area contributed by atoms with Crippen molar-refractivity contribution in [2.75, 3.05) is 5.73 Å². The lowest BCUT2D eigenvalue weighted by Gasteiger charge is -2.15. The quantitative estimate of drug-likeness (QED) is 0.866. The Hall–Kier alpha value is -1.75. The summed E-state index contributed by atoms with van der Waals surface area (Å²) >= 11 is 1.79. The average molecular weight is 289 g/mol. The molecule has 1 aromatic heterocycles. The predicted molar refractivity (Wildman–Crippen MR) is 85.1 cm³/mol. The van der Waals surface area contributed by atoms with Gasteiger partial charge in [0.2, 0.25) is 0 Å². The van der Waals surface area contributed by atoms with E-state index in [9.17, 15) is 0 Å². The molecule has 106 valence electrons. The molecule has 5 heteroatoms. The van der Waals surface area contributed by atoms with Crippen LogP contribution >= 0.6 is 11.8 Å². The highest BCUT2D eigenvalue weighted by Gasteiger charge is 2.13. The largest absolute Gasteiger partial charge is 0.399 e. The van der Waals surface area contributed by atoms with Crippen molar-refractivity contribution < 1.29 is 4.52 Å². The summed E-state index contributed by atoms with van der Waals surface area (Å²) < 4.78 is 5.38. The SMILES string of the molecule is CC(C)(C)SCc1noc(/C=C/c2ccc(N)cc2)n1. The molecule has 0 saturated heterocycles. The predicted octanol–water partition coefficient (Wildman–Crippen LogP) is 3.85. The standard InChI is InChI=1S/C15H19N3OS/c1-15(2,3)20-10-13-17-14(19-18-13)9-6-11-4-7-12(16)8-5-11/h4-9H,10,16H2,1-3H3/b9-6+. The number of hydrogen-bond acceptors (Lipinski definition) is 5. The third-order valence-electron chi connectivity index (χ3n) is 2.47. The molecular formula is C15H19N3OS. The zero-order chi connectivity index (χ0) is 14.6. The molecule has 20 heavy (non-hydrogen) atoms. The Labute approximate surface area is 123 Å². The maximum absolute atomic E-state index is 5.64. The number of nitrogens with zero attached hydrogens (tertiary/aromatic N) is 2. The van der Waals surface area contributed by atoms with E-state index < -0.39 is 0 Å². The van der Waals surface area contributed by atoms with Crippen LogP contribution in [0.25, 0.3) is 12.2 Å². The molecule has 0 spiro atoms. The van der Waals surface area contributed by atoms with Crippen LogP contribution in [0.3, 0.4) is 0 Å². The van der Waals surface area contributed by atoms with Gasteiger partial charge < -0.3 is 10.3 Å². The Kier molecular flexibility index (Phi) is 4.49. The lowest BCUT2D eigenvalue weighted by Crippen LogP contribution is -2.07. The molecule has 0 unspecified atom stereocenters. The molecule has 0 fully saturated rings. The normalized spacial score (nSPS) is 12.2. The third-order valence-corrected chi connectivity index (χ3v) is 3.74. The Balaban J connectivity index is 1.97. The van der Waals surface area contributed by atoms with Crippen molar-refractivity contribution in [3.63, 3.8) is 0 Å². The summed E-state index contributed by atoms with van der Waals surface area (Å²) in [4.78, 5) is 4.34. The van der Waals surface area contributed by atoms with E-state index in [-0.39, 0.29) is 4.75 Å². The van der Waals surface area contributed by atoms with Gasteiger partial charge in [-0.15, -0.1) is 11.8 Å². The second-order valence-electron chi connectivity index (χ2n) is 5.45. The minimum atomic E-state index is 0.195. The number of hydrogen-bond donors (Lipinski definition) is 1. The maximum atomic E-state index is 5.64. The van der Waals surface area contributed by atoms with Crippen molar-refractivity contribution in [3.05, 3.63) is 41.5 Å². The summed E-state index contributed by atoms with van der Waals surface area (Å²) in [5.74, 6) is 2.00. The number of rotatable bonds is 4. The van der Waals surface area contributed by atoms with Gasteiger partial charge in [0.1, 0.15) is 0 Å². The van der Waals surface area contributed by atoms with Crippen LogP contribution in [-0.2, 0) is 5.75 Å². The van der Waals surface area contributed by atoms with Crippen LogP contribution in [-0.4, -0.2) is 14.9 Å². The van der Waals surface area contributed by atoms with Crippen molar-refractivity contribution in [2.45, 2.75) is 31.3 Å². The number of anilines is 1. The lowest BCUT2D eigenvalue weighted by molar-refractivity contribution is 0.405. The summed E-state index contributed by atoms with van der Waals surface area (Å²) in [7, 11) is 0. The molecule has 1 aromatic carbocycles. The summed E-state index contributed by atoms with van der Waals surface area (Å²) in [6.07, 6.45) is 3.73. The second kappa shape index (κ2) is 6.13. The number of nitrogen functional groups attached to an aromatic ring is 1. The molecule has 2 aromatic rings. The number of benzene rings is 1. The molecular weight excluding hydrogens is 270 g/mol. The van der Waals surface area contributed by atoms with Crippen LogP contribution in [0.5, 0.6) is 0 Å². The molecule has 0 radical (unpaired) electrons. The van der Waals surface area contributed by atoms with Crippen molar-refractivity contribution in [1.82, 2.24) is 10.1 Å². The molecule has 0 aliphatic carbocycles. The smallest absolute Gasteiger partial charge is 0.250 e. The molecule has 2 N–H and O–H groups in total.